The number of nitrogens with one attached hydrogen (secondary N) is 1. The van der Waals surface area contributed by atoms with Crippen molar-refractivity contribution < 1.29 is 38.9 Å². The first kappa shape index (κ1) is 20.5. The largest absolute Gasteiger partial charge is 0.480 e. The van der Waals surface area contributed by atoms with Gasteiger partial charge < -0.3 is 30.1 Å². The Hall–Kier alpha value is -2.85. The topological polar surface area (TPSA) is 153 Å². The van der Waals surface area contributed by atoms with Gasteiger partial charge in [-0.25, -0.2) is 14.4 Å². The molecule has 0 bridgehead atoms. The van der Waals surface area contributed by atoms with Crippen LogP contribution >= 0.6 is 0 Å². The summed E-state index contributed by atoms with van der Waals surface area (Å²) in [5, 5.41) is 20.4. The maximum absolute atomic E-state index is 12.6. The fourth-order valence-corrected chi connectivity index (χ4v) is 3.07. The molecule has 2 saturated heterocycles. The van der Waals surface area contributed by atoms with Crippen molar-refractivity contribution in [1.82, 2.24) is 15.1 Å². The lowest BCUT2D eigenvalue weighted by atomic mass is 10.2. The average Bonchev–Trinajstić information content (AvgIpc) is 3.11. The van der Waals surface area contributed by atoms with Crippen LogP contribution < -0.4 is 5.32 Å². The second-order valence-corrected chi connectivity index (χ2v) is 7.41. The zero-order chi connectivity index (χ0) is 20.5. The molecule has 2 heterocycles. The van der Waals surface area contributed by atoms with Crippen LogP contribution in [0.1, 0.15) is 33.6 Å². The number of carbonyl (C=O) groups excluding carboxylic acids is 3. The number of hydrogen-bond acceptors (Lipinski definition) is 6. The van der Waals surface area contributed by atoms with Gasteiger partial charge in [-0.05, 0) is 33.6 Å². The van der Waals surface area contributed by atoms with Crippen LogP contribution in [0.25, 0.3) is 0 Å². The Morgan fingerprint density at radius 2 is 1.63 bits per heavy atom. The van der Waals surface area contributed by atoms with Crippen LogP contribution in [0.4, 0.5) is 4.79 Å². The van der Waals surface area contributed by atoms with Gasteiger partial charge in [-0.3, -0.25) is 9.59 Å². The third-order valence-corrected chi connectivity index (χ3v) is 4.21. The fourth-order valence-electron chi connectivity index (χ4n) is 3.07. The maximum Gasteiger partial charge on any atom is 0.408 e. The Kier molecular flexibility index (Phi) is 5.62. The van der Waals surface area contributed by atoms with E-state index in [9.17, 15) is 24.0 Å². The Balaban J connectivity index is 1.97. The quantitative estimate of drug-likeness (QED) is 0.523. The molecule has 0 spiro atoms. The lowest BCUT2D eigenvalue weighted by Crippen LogP contribution is -2.48. The van der Waals surface area contributed by atoms with Gasteiger partial charge in [0, 0.05) is 6.54 Å². The molecule has 2 aliphatic heterocycles. The molecular formula is C16H23N3O8. The summed E-state index contributed by atoms with van der Waals surface area (Å²) in [7, 11) is 0. The standard InChI is InChI=1S/C16H23N3O8/c1-16(2,3)27-15(26)17-7-9(20)18-6-4-5-8(18)12(21)19-10(13(22)23)11(19)14(24)25/h8,10-11H,4-7H2,1-3H3,(H,17,26)(H,22,23)(H,24,25)/t8-,10+,11+/m1/s1. The fraction of sp³-hybridized carbons (Fsp3) is 0.688. The van der Waals surface area contributed by atoms with E-state index in [0.717, 1.165) is 4.90 Å². The van der Waals surface area contributed by atoms with Gasteiger partial charge in [-0.15, -0.1) is 0 Å². The first-order chi connectivity index (χ1) is 12.4. The van der Waals surface area contributed by atoms with Crippen molar-refractivity contribution in [2.24, 2.45) is 0 Å². The maximum atomic E-state index is 12.6. The number of carbonyl (C=O) groups is 5. The second kappa shape index (κ2) is 7.41. The summed E-state index contributed by atoms with van der Waals surface area (Å²) < 4.78 is 5.03. The summed E-state index contributed by atoms with van der Waals surface area (Å²) in [6.07, 6.45) is 0.0325. The first-order valence-corrected chi connectivity index (χ1v) is 8.48. The summed E-state index contributed by atoms with van der Waals surface area (Å²) in [6.45, 7) is 4.89. The van der Waals surface area contributed by atoms with Gasteiger partial charge in [0.1, 0.15) is 18.2 Å². The van der Waals surface area contributed by atoms with Gasteiger partial charge in [-0.2, -0.15) is 0 Å². The van der Waals surface area contributed by atoms with Crippen molar-refractivity contribution >= 4 is 29.8 Å². The zero-order valence-corrected chi connectivity index (χ0v) is 15.3. The van der Waals surface area contributed by atoms with E-state index >= 15 is 0 Å². The van der Waals surface area contributed by atoms with Crippen molar-refractivity contribution in [2.45, 2.75) is 57.3 Å². The van der Waals surface area contributed by atoms with E-state index in [1.54, 1.807) is 20.8 Å². The van der Waals surface area contributed by atoms with Gasteiger partial charge in [-0.1, -0.05) is 0 Å². The molecule has 0 aliphatic carbocycles. The van der Waals surface area contributed by atoms with Gasteiger partial charge in [0.15, 0.2) is 12.1 Å². The Labute approximate surface area is 155 Å². The van der Waals surface area contributed by atoms with Crippen molar-refractivity contribution in [3.05, 3.63) is 0 Å². The number of ether oxygens (including phenoxy) is 1. The molecule has 2 rings (SSSR count). The molecule has 3 N–H and O–H groups in total. The third-order valence-electron chi connectivity index (χ3n) is 4.21. The minimum atomic E-state index is -1.42. The number of aliphatic carboxylic acids is 2. The molecule has 0 aromatic heterocycles. The first-order valence-electron chi connectivity index (χ1n) is 8.48. The van der Waals surface area contributed by atoms with Gasteiger partial charge >= 0.3 is 18.0 Å². The van der Waals surface area contributed by atoms with Crippen LogP contribution in [0.2, 0.25) is 0 Å². The molecule has 0 radical (unpaired) electrons. The lowest BCUT2D eigenvalue weighted by molar-refractivity contribution is -0.144. The highest BCUT2D eigenvalue weighted by atomic mass is 16.6. The number of carboxylic acid groups (broad SMARTS) is 2. The smallest absolute Gasteiger partial charge is 0.408 e. The van der Waals surface area contributed by atoms with Crippen molar-refractivity contribution in [3.63, 3.8) is 0 Å². The third kappa shape index (κ3) is 4.66. The number of hydrogen-bond donors (Lipinski definition) is 3. The van der Waals surface area contributed by atoms with Crippen LogP contribution in [-0.4, -0.2) is 86.7 Å². The van der Waals surface area contributed by atoms with Gasteiger partial charge in [0.25, 0.3) is 0 Å². The van der Waals surface area contributed by atoms with E-state index in [1.165, 1.54) is 4.90 Å². The van der Waals surface area contributed by atoms with Crippen LogP contribution in [0.5, 0.6) is 0 Å². The van der Waals surface area contributed by atoms with Crippen molar-refractivity contribution in [1.29, 1.82) is 0 Å². The van der Waals surface area contributed by atoms with E-state index in [4.69, 9.17) is 14.9 Å². The van der Waals surface area contributed by atoms with Gasteiger partial charge in [0.05, 0.1) is 0 Å². The van der Waals surface area contributed by atoms with E-state index in [0.29, 0.717) is 12.8 Å². The molecule has 0 aromatic rings. The highest BCUT2D eigenvalue weighted by Gasteiger charge is 2.62. The molecule has 0 saturated carbocycles. The minimum absolute atomic E-state index is 0.258. The Morgan fingerprint density at radius 3 is 2.11 bits per heavy atom. The average molecular weight is 385 g/mol. The van der Waals surface area contributed by atoms with Crippen molar-refractivity contribution in [2.75, 3.05) is 13.1 Å². The van der Waals surface area contributed by atoms with Crippen molar-refractivity contribution in [3.8, 4) is 0 Å². The Morgan fingerprint density at radius 1 is 1.07 bits per heavy atom. The lowest BCUT2D eigenvalue weighted by Gasteiger charge is -2.25. The molecule has 27 heavy (non-hydrogen) atoms. The summed E-state index contributed by atoms with van der Waals surface area (Å²) in [5.74, 6) is -4.05. The molecule has 2 fully saturated rings. The predicted octanol–water partition coefficient (Wildman–Crippen LogP) is -0.749. The molecule has 11 nitrogen and oxygen atoms in total. The Bertz CT molecular complexity index is 651. The second-order valence-electron chi connectivity index (χ2n) is 7.41. The van der Waals surface area contributed by atoms with Crippen LogP contribution in [0, 0.1) is 0 Å². The SMILES string of the molecule is CC(C)(C)OC(=O)NCC(=O)N1CCC[C@@H]1C(=O)N1[C@H](C(=O)O)[C@H]1C(=O)O. The van der Waals surface area contributed by atoms with E-state index < -0.39 is 53.6 Å². The molecule has 3 atom stereocenters. The summed E-state index contributed by atoms with van der Waals surface area (Å²) >= 11 is 0. The van der Waals surface area contributed by atoms with E-state index in [2.05, 4.69) is 5.32 Å². The molecule has 3 amide bonds. The molecule has 11 heteroatoms. The van der Waals surface area contributed by atoms with E-state index in [1.807, 2.05) is 0 Å². The molecule has 2 aliphatic rings. The molecule has 0 unspecified atom stereocenters. The highest BCUT2D eigenvalue weighted by molar-refractivity contribution is 6.02. The zero-order valence-electron chi connectivity index (χ0n) is 15.3. The van der Waals surface area contributed by atoms with Gasteiger partial charge in [0.2, 0.25) is 11.8 Å². The molecule has 0 aromatic carbocycles. The van der Waals surface area contributed by atoms with Crippen LogP contribution in [0.15, 0.2) is 0 Å². The summed E-state index contributed by atoms with van der Waals surface area (Å²) in [5.41, 5.74) is -0.726. The predicted molar refractivity (Wildman–Crippen MR) is 88.7 cm³/mol. The normalized spacial score (nSPS) is 24.3. The number of likely N-dealkylation sites (tertiary alicyclic amines) is 1. The van der Waals surface area contributed by atoms with Crippen LogP contribution in [0.3, 0.4) is 0 Å². The van der Waals surface area contributed by atoms with E-state index in [-0.39, 0.29) is 13.1 Å². The minimum Gasteiger partial charge on any atom is -0.480 e. The number of nitrogens with zero attached hydrogens (tertiary/aromatic N) is 2. The van der Waals surface area contributed by atoms with Crippen LogP contribution in [-0.2, 0) is 23.9 Å². The summed E-state index contributed by atoms with van der Waals surface area (Å²) in [4.78, 5) is 60.8. The molecular weight excluding hydrogens is 362 g/mol. The number of alkyl carbamates (subject to hydrolysis) is 1. The summed E-state index contributed by atoms with van der Waals surface area (Å²) in [6, 6.07) is -3.79. The highest BCUT2D eigenvalue weighted by Crippen LogP contribution is 2.33. The number of amides is 3. The monoisotopic (exact) mass is 385 g/mol. The molecule has 150 valence electrons. The number of carboxylic acids is 2. The number of rotatable bonds is 5.